The van der Waals surface area contributed by atoms with E-state index < -0.39 is 6.10 Å². The van der Waals surface area contributed by atoms with Crippen LogP contribution in [0, 0.1) is 17.8 Å². The summed E-state index contributed by atoms with van der Waals surface area (Å²) in [5.41, 5.74) is 0. The van der Waals surface area contributed by atoms with Crippen LogP contribution in [0.2, 0.25) is 0 Å². The molecule has 0 unspecified atom stereocenters. The van der Waals surface area contributed by atoms with Crippen molar-refractivity contribution in [2.75, 3.05) is 13.2 Å². The molecule has 1 fully saturated rings. The number of benzene rings is 1. The number of hydrogen-bond donors (Lipinski definition) is 2. The van der Waals surface area contributed by atoms with E-state index in [0.29, 0.717) is 19.3 Å². The molecule has 5 heteroatoms. The summed E-state index contributed by atoms with van der Waals surface area (Å²) >= 11 is 0. The number of amides is 1. The average molecular weight is 428 g/mol. The Balaban J connectivity index is 1.25. The Morgan fingerprint density at radius 2 is 1.87 bits per heavy atom. The van der Waals surface area contributed by atoms with Crippen LogP contribution in [0.25, 0.3) is 0 Å². The minimum Gasteiger partial charge on any atom is -0.491 e. The standard InChI is InChI=1S/C26H37NO4/c28-22(19-31-23-9-5-3-6-10-23)15-16-24-21(14-17-25(24)29)8-4-1-2-7-11-26(30)27-18-20-12-13-20/h3,5-6,9-10,14,17,20-22,24,28H,1-2,4,7-8,11-13,15-16,18-19H2,(H,27,30)/t21-,22+,24+/m0/s1. The molecule has 31 heavy (non-hydrogen) atoms. The summed E-state index contributed by atoms with van der Waals surface area (Å²) in [5, 5.41) is 13.3. The second kappa shape index (κ2) is 12.7. The van der Waals surface area contributed by atoms with Crippen LogP contribution in [0.3, 0.4) is 0 Å². The third kappa shape index (κ3) is 8.86. The summed E-state index contributed by atoms with van der Waals surface area (Å²) in [6.45, 7) is 1.10. The summed E-state index contributed by atoms with van der Waals surface area (Å²) in [7, 11) is 0. The highest BCUT2D eigenvalue weighted by atomic mass is 16.5. The highest BCUT2D eigenvalue weighted by Crippen LogP contribution is 2.31. The van der Waals surface area contributed by atoms with E-state index in [2.05, 4.69) is 5.32 Å². The van der Waals surface area contributed by atoms with Crippen molar-refractivity contribution in [1.82, 2.24) is 5.32 Å². The first kappa shape index (κ1) is 23.5. The topological polar surface area (TPSA) is 75.6 Å². The Labute approximate surface area is 186 Å². The number of rotatable bonds is 15. The van der Waals surface area contributed by atoms with Crippen molar-refractivity contribution in [3.63, 3.8) is 0 Å². The van der Waals surface area contributed by atoms with Gasteiger partial charge in [0.05, 0.1) is 6.10 Å². The molecule has 5 nitrogen and oxygen atoms in total. The average Bonchev–Trinajstić information content (AvgIpc) is 3.55. The second-order valence-corrected chi connectivity index (χ2v) is 9.09. The maximum absolute atomic E-state index is 12.3. The molecule has 3 atom stereocenters. The summed E-state index contributed by atoms with van der Waals surface area (Å²) in [4.78, 5) is 24.0. The second-order valence-electron chi connectivity index (χ2n) is 9.09. The molecule has 1 amide bonds. The first-order valence-corrected chi connectivity index (χ1v) is 12.0. The van der Waals surface area contributed by atoms with Crippen molar-refractivity contribution in [2.24, 2.45) is 17.8 Å². The van der Waals surface area contributed by atoms with Gasteiger partial charge in [-0.1, -0.05) is 43.5 Å². The van der Waals surface area contributed by atoms with Crippen LogP contribution in [-0.2, 0) is 9.59 Å². The number of aliphatic hydroxyl groups excluding tert-OH is 1. The Morgan fingerprint density at radius 3 is 2.65 bits per heavy atom. The predicted octanol–water partition coefficient (Wildman–Crippen LogP) is 4.44. The zero-order valence-corrected chi connectivity index (χ0v) is 18.5. The van der Waals surface area contributed by atoms with Crippen molar-refractivity contribution >= 4 is 11.7 Å². The fourth-order valence-electron chi connectivity index (χ4n) is 4.19. The number of aliphatic hydroxyl groups is 1. The lowest BCUT2D eigenvalue weighted by Gasteiger charge is -2.20. The van der Waals surface area contributed by atoms with Crippen LogP contribution in [-0.4, -0.2) is 36.1 Å². The molecule has 0 spiro atoms. The number of ketones is 1. The normalized spacial score (nSPS) is 21.3. The quantitative estimate of drug-likeness (QED) is 0.406. The third-order valence-electron chi connectivity index (χ3n) is 6.36. The lowest BCUT2D eigenvalue weighted by molar-refractivity contribution is -0.121. The van der Waals surface area contributed by atoms with Gasteiger partial charge in [0.25, 0.3) is 0 Å². The van der Waals surface area contributed by atoms with Crippen molar-refractivity contribution in [3.05, 3.63) is 42.5 Å². The fourth-order valence-corrected chi connectivity index (χ4v) is 4.19. The summed E-state index contributed by atoms with van der Waals surface area (Å²) in [6.07, 6.45) is 12.8. The van der Waals surface area contributed by atoms with Gasteiger partial charge in [-0.3, -0.25) is 9.59 Å². The molecule has 0 saturated heterocycles. The van der Waals surface area contributed by atoms with Gasteiger partial charge in [0.15, 0.2) is 5.78 Å². The Morgan fingerprint density at radius 1 is 1.10 bits per heavy atom. The SMILES string of the molecule is O=C(CCCCCC[C@H]1C=CC(=O)[C@@H]1CC[C@@H](O)COc1ccccc1)NCC1CC1. The molecule has 1 aromatic carbocycles. The van der Waals surface area contributed by atoms with Crippen LogP contribution in [0.1, 0.15) is 64.2 Å². The Bertz CT molecular complexity index is 713. The number of carbonyl (C=O) groups excluding carboxylic acids is 2. The van der Waals surface area contributed by atoms with Gasteiger partial charge in [0.1, 0.15) is 12.4 Å². The zero-order chi connectivity index (χ0) is 21.9. The van der Waals surface area contributed by atoms with Crippen LogP contribution in [0.4, 0.5) is 0 Å². The summed E-state index contributed by atoms with van der Waals surface area (Å²) in [6, 6.07) is 9.47. The number of hydrogen-bond acceptors (Lipinski definition) is 4. The molecule has 2 aliphatic carbocycles. The number of para-hydroxylation sites is 1. The van der Waals surface area contributed by atoms with E-state index >= 15 is 0 Å². The van der Waals surface area contributed by atoms with Crippen LogP contribution in [0.15, 0.2) is 42.5 Å². The van der Waals surface area contributed by atoms with Gasteiger partial charge in [-0.2, -0.15) is 0 Å². The van der Waals surface area contributed by atoms with Crippen molar-refractivity contribution < 1.29 is 19.4 Å². The molecule has 2 N–H and O–H groups in total. The number of ether oxygens (including phenoxy) is 1. The van der Waals surface area contributed by atoms with E-state index in [1.54, 1.807) is 6.08 Å². The van der Waals surface area contributed by atoms with E-state index in [4.69, 9.17) is 4.74 Å². The molecule has 1 aromatic rings. The van der Waals surface area contributed by atoms with Gasteiger partial charge in [-0.25, -0.2) is 0 Å². The van der Waals surface area contributed by atoms with Gasteiger partial charge in [0, 0.05) is 18.9 Å². The smallest absolute Gasteiger partial charge is 0.220 e. The lowest BCUT2D eigenvalue weighted by Crippen LogP contribution is -2.25. The lowest BCUT2D eigenvalue weighted by atomic mass is 9.86. The maximum Gasteiger partial charge on any atom is 0.220 e. The molecular formula is C26H37NO4. The molecule has 0 bridgehead atoms. The van der Waals surface area contributed by atoms with E-state index in [1.165, 1.54) is 12.8 Å². The molecule has 1 saturated carbocycles. The third-order valence-corrected chi connectivity index (χ3v) is 6.36. The first-order valence-electron chi connectivity index (χ1n) is 12.0. The highest BCUT2D eigenvalue weighted by Gasteiger charge is 2.29. The van der Waals surface area contributed by atoms with E-state index in [1.807, 2.05) is 36.4 Å². The largest absolute Gasteiger partial charge is 0.491 e. The van der Waals surface area contributed by atoms with Crippen molar-refractivity contribution in [2.45, 2.75) is 70.3 Å². The van der Waals surface area contributed by atoms with E-state index in [-0.39, 0.29) is 30.1 Å². The Kier molecular flexibility index (Phi) is 9.60. The summed E-state index contributed by atoms with van der Waals surface area (Å²) < 4.78 is 5.61. The number of allylic oxidation sites excluding steroid dienone is 2. The number of carbonyl (C=O) groups is 2. The van der Waals surface area contributed by atoms with Crippen LogP contribution >= 0.6 is 0 Å². The number of unbranched alkanes of at least 4 members (excludes halogenated alkanes) is 3. The van der Waals surface area contributed by atoms with E-state index in [9.17, 15) is 14.7 Å². The predicted molar refractivity (Wildman–Crippen MR) is 122 cm³/mol. The van der Waals surface area contributed by atoms with Gasteiger partial charge in [0.2, 0.25) is 5.91 Å². The first-order chi connectivity index (χ1) is 15.1. The molecule has 0 radical (unpaired) electrons. The minimum atomic E-state index is -0.569. The zero-order valence-electron chi connectivity index (χ0n) is 18.5. The monoisotopic (exact) mass is 427 g/mol. The van der Waals surface area contributed by atoms with Gasteiger partial charge in [-0.05, 0) is 68.6 Å². The summed E-state index contributed by atoms with van der Waals surface area (Å²) in [5.74, 6) is 2.12. The molecule has 0 aromatic heterocycles. The van der Waals surface area contributed by atoms with Crippen LogP contribution in [0.5, 0.6) is 5.75 Å². The van der Waals surface area contributed by atoms with E-state index in [0.717, 1.165) is 50.3 Å². The fraction of sp³-hybridized carbons (Fsp3) is 0.615. The van der Waals surface area contributed by atoms with Crippen molar-refractivity contribution in [1.29, 1.82) is 0 Å². The van der Waals surface area contributed by atoms with Gasteiger partial charge in [-0.15, -0.1) is 0 Å². The molecular weight excluding hydrogens is 390 g/mol. The highest BCUT2D eigenvalue weighted by molar-refractivity contribution is 5.94. The van der Waals surface area contributed by atoms with Gasteiger partial charge < -0.3 is 15.2 Å². The molecule has 0 heterocycles. The Hall–Kier alpha value is -2.14. The molecule has 0 aliphatic heterocycles. The van der Waals surface area contributed by atoms with Crippen molar-refractivity contribution in [3.8, 4) is 5.75 Å². The van der Waals surface area contributed by atoms with Gasteiger partial charge >= 0.3 is 0 Å². The van der Waals surface area contributed by atoms with Crippen LogP contribution < -0.4 is 10.1 Å². The maximum atomic E-state index is 12.3. The molecule has 3 rings (SSSR count). The molecule has 170 valence electrons. The minimum absolute atomic E-state index is 0.0143. The number of nitrogens with one attached hydrogen (secondary N) is 1. The molecule has 2 aliphatic rings.